The topological polar surface area (TPSA) is 0 Å². The molecular formula is C30H32BF5P+. The number of hydrogen-bond donors (Lipinski definition) is 0. The molecule has 0 nitrogen and oxygen atoms in total. The zero-order valence-electron chi connectivity index (χ0n) is 20.9. The van der Waals surface area contributed by atoms with E-state index in [4.69, 9.17) is 0 Å². The summed E-state index contributed by atoms with van der Waals surface area (Å²) in [6.07, 6.45) is 9.12. The summed E-state index contributed by atoms with van der Waals surface area (Å²) >= 11 is 0. The van der Waals surface area contributed by atoms with Crippen molar-refractivity contribution in [2.24, 2.45) is 0 Å². The lowest BCUT2D eigenvalue weighted by atomic mass is 9.27. The molecule has 0 bridgehead atoms. The summed E-state index contributed by atoms with van der Waals surface area (Å²) in [6.45, 7) is -0.553. The maximum Gasteiger partial charge on any atom is 0.301 e. The highest BCUT2D eigenvalue weighted by molar-refractivity contribution is 7.91. The second-order valence-corrected chi connectivity index (χ2v) is 13.3. The van der Waals surface area contributed by atoms with E-state index in [1.165, 1.54) is 0 Å². The molecule has 0 unspecified atom stereocenters. The quantitative estimate of drug-likeness (QED) is 0.101. The Labute approximate surface area is 217 Å². The number of halogens is 5. The van der Waals surface area contributed by atoms with E-state index in [-0.39, 0.29) is 27.7 Å². The Morgan fingerprint density at radius 2 is 0.946 bits per heavy atom. The SMILES string of the molecule is Fc1c(F)c(F)c([P+](F)(c2ccccc2)c2ccccc2)c(B(C2CCCCC2)C2CCCCC2)c1F. The molecule has 3 aromatic rings. The average Bonchev–Trinajstić information content (AvgIpc) is 2.96. The molecule has 2 fully saturated rings. The predicted octanol–water partition coefficient (Wildman–Crippen LogP) is 7.79. The first-order chi connectivity index (χ1) is 17.9. The van der Waals surface area contributed by atoms with Gasteiger partial charge in [-0.1, -0.05) is 112 Å². The zero-order valence-corrected chi connectivity index (χ0v) is 21.8. The van der Waals surface area contributed by atoms with Crippen LogP contribution in [0.3, 0.4) is 0 Å². The normalized spacial score (nSPS) is 17.6. The third-order valence-electron chi connectivity index (χ3n) is 8.46. The summed E-state index contributed by atoms with van der Waals surface area (Å²) in [5.74, 6) is -6.81. The second kappa shape index (κ2) is 11.3. The molecule has 0 amide bonds. The minimum absolute atomic E-state index is 0.0191. The van der Waals surface area contributed by atoms with Crippen LogP contribution in [-0.4, -0.2) is 6.71 Å². The smallest absolute Gasteiger partial charge is 0.204 e. The van der Waals surface area contributed by atoms with E-state index < -0.39 is 42.9 Å². The van der Waals surface area contributed by atoms with Crippen LogP contribution in [0.2, 0.25) is 11.6 Å². The van der Waals surface area contributed by atoms with Gasteiger partial charge in [0.1, 0.15) is 10.6 Å². The molecule has 0 aliphatic heterocycles. The van der Waals surface area contributed by atoms with Gasteiger partial charge in [-0.05, 0) is 28.5 Å². The van der Waals surface area contributed by atoms with Gasteiger partial charge in [0.2, 0.25) is 11.6 Å². The van der Waals surface area contributed by atoms with Crippen molar-refractivity contribution in [1.29, 1.82) is 0 Å². The van der Waals surface area contributed by atoms with Crippen molar-refractivity contribution in [2.75, 3.05) is 0 Å². The molecule has 2 aliphatic rings. The Morgan fingerprint density at radius 1 is 0.541 bits per heavy atom. The van der Waals surface area contributed by atoms with E-state index in [2.05, 4.69) is 0 Å². The third-order valence-corrected chi connectivity index (χ3v) is 11.5. The summed E-state index contributed by atoms with van der Waals surface area (Å²) in [7, 11) is -4.35. The van der Waals surface area contributed by atoms with Crippen molar-refractivity contribution in [1.82, 2.24) is 0 Å². The molecule has 194 valence electrons. The lowest BCUT2D eigenvalue weighted by molar-refractivity contribution is 0.414. The summed E-state index contributed by atoms with van der Waals surface area (Å²) in [5.41, 5.74) is -0.251. The van der Waals surface area contributed by atoms with Crippen molar-refractivity contribution in [2.45, 2.75) is 75.8 Å². The molecule has 0 saturated heterocycles. The molecule has 2 saturated carbocycles. The van der Waals surface area contributed by atoms with Crippen molar-refractivity contribution < 1.29 is 21.8 Å². The van der Waals surface area contributed by atoms with Crippen molar-refractivity contribution >= 4 is 35.7 Å². The molecule has 2 aliphatic carbocycles. The number of rotatable bonds is 6. The van der Waals surface area contributed by atoms with Crippen LogP contribution in [0.1, 0.15) is 64.2 Å². The molecule has 5 rings (SSSR count). The van der Waals surface area contributed by atoms with Crippen LogP contribution in [0, 0.1) is 23.3 Å². The predicted molar refractivity (Wildman–Crippen MR) is 145 cm³/mol. The molecule has 0 spiro atoms. The van der Waals surface area contributed by atoms with E-state index >= 15 is 21.8 Å². The summed E-state index contributed by atoms with van der Waals surface area (Å²) in [6, 6.07) is 16.2. The van der Waals surface area contributed by atoms with Gasteiger partial charge < -0.3 is 0 Å². The molecule has 3 aromatic carbocycles. The maximum atomic E-state index is 17.9. The highest BCUT2D eigenvalue weighted by Crippen LogP contribution is 2.58. The van der Waals surface area contributed by atoms with Crippen LogP contribution < -0.4 is 21.4 Å². The lowest BCUT2D eigenvalue weighted by Gasteiger charge is -2.37. The fourth-order valence-electron chi connectivity index (χ4n) is 6.76. The van der Waals surface area contributed by atoms with E-state index in [9.17, 15) is 0 Å². The van der Waals surface area contributed by atoms with Gasteiger partial charge in [0.15, 0.2) is 23.7 Å². The van der Waals surface area contributed by atoms with Gasteiger partial charge in [0.05, 0.1) is 0 Å². The van der Waals surface area contributed by atoms with Crippen LogP contribution in [-0.2, 0) is 0 Å². The molecule has 0 atom stereocenters. The molecular weight excluding hydrogens is 497 g/mol. The van der Waals surface area contributed by atoms with Crippen LogP contribution in [0.25, 0.3) is 0 Å². The zero-order chi connectivity index (χ0) is 26.0. The molecule has 7 heteroatoms. The van der Waals surface area contributed by atoms with Gasteiger partial charge in [-0.3, -0.25) is 0 Å². The fraction of sp³-hybridized carbons (Fsp3) is 0.400. The first-order valence-electron chi connectivity index (χ1n) is 13.5. The van der Waals surface area contributed by atoms with E-state index in [0.717, 1.165) is 64.2 Å². The van der Waals surface area contributed by atoms with Crippen LogP contribution in [0.4, 0.5) is 21.8 Å². The first kappa shape index (κ1) is 26.4. The summed E-state index contributed by atoms with van der Waals surface area (Å²) in [5, 5.41) is -0.266. The highest BCUT2D eigenvalue weighted by atomic mass is 31.2. The minimum atomic E-state index is -4.35. The Kier molecular flexibility index (Phi) is 8.05. The van der Waals surface area contributed by atoms with Gasteiger partial charge in [0, 0.05) is 5.46 Å². The van der Waals surface area contributed by atoms with Crippen LogP contribution in [0.5, 0.6) is 0 Å². The maximum absolute atomic E-state index is 17.9. The monoisotopic (exact) mass is 529 g/mol. The minimum Gasteiger partial charge on any atom is -0.204 e. The van der Waals surface area contributed by atoms with E-state index in [0.29, 0.717) is 0 Å². The second-order valence-electron chi connectivity index (χ2n) is 10.6. The Bertz CT molecular complexity index is 1150. The Balaban J connectivity index is 1.84. The van der Waals surface area contributed by atoms with Crippen molar-refractivity contribution in [3.63, 3.8) is 0 Å². The van der Waals surface area contributed by atoms with Gasteiger partial charge in [-0.2, -0.15) is 4.39 Å². The van der Waals surface area contributed by atoms with Crippen molar-refractivity contribution in [3.8, 4) is 0 Å². The molecule has 37 heavy (non-hydrogen) atoms. The average molecular weight is 529 g/mol. The standard InChI is InChI=1S/C30H32BF5P/c32-26-25(31(21-13-5-1-6-14-21)22-15-7-2-8-16-22)30(29(35)28(34)27(26)33)37(36,23-17-9-3-10-18-23)24-19-11-4-12-20-24/h3-4,9-12,17-22H,1-2,5-8,13-16H2/q+1. The number of benzene rings is 3. The lowest BCUT2D eigenvalue weighted by Crippen LogP contribution is -2.54. The highest BCUT2D eigenvalue weighted by Gasteiger charge is 2.56. The summed E-state index contributed by atoms with van der Waals surface area (Å²) in [4.78, 5) is 0. The first-order valence-corrected chi connectivity index (χ1v) is 15.2. The van der Waals surface area contributed by atoms with Gasteiger partial charge in [-0.15, -0.1) is 0 Å². The van der Waals surface area contributed by atoms with E-state index in [1.54, 1.807) is 60.7 Å². The van der Waals surface area contributed by atoms with Crippen molar-refractivity contribution in [3.05, 3.63) is 83.9 Å². The van der Waals surface area contributed by atoms with Gasteiger partial charge in [0.25, 0.3) is 0 Å². The fourth-order valence-corrected chi connectivity index (χ4v) is 9.69. The Morgan fingerprint density at radius 3 is 1.38 bits per heavy atom. The van der Waals surface area contributed by atoms with E-state index in [1.807, 2.05) is 0 Å². The molecule has 0 aromatic heterocycles. The number of hydrogen-bond acceptors (Lipinski definition) is 0. The van der Waals surface area contributed by atoms with Crippen LogP contribution >= 0.6 is 7.57 Å². The molecule has 0 heterocycles. The largest absolute Gasteiger partial charge is 0.301 e. The molecule has 0 N–H and O–H groups in total. The van der Waals surface area contributed by atoms with Gasteiger partial charge in [-0.25, -0.2) is 13.2 Å². The third kappa shape index (κ3) is 4.87. The van der Waals surface area contributed by atoms with Crippen LogP contribution in [0.15, 0.2) is 60.7 Å². The van der Waals surface area contributed by atoms with Gasteiger partial charge >= 0.3 is 7.57 Å². The molecule has 0 radical (unpaired) electrons. The Hall–Kier alpha value is -2.20. The summed E-state index contributed by atoms with van der Waals surface area (Å²) < 4.78 is 80.1.